The maximum absolute atomic E-state index is 5.90. The summed E-state index contributed by atoms with van der Waals surface area (Å²) in [6.07, 6.45) is 1.95. The Bertz CT molecular complexity index is 491. The van der Waals surface area contributed by atoms with Crippen LogP contribution in [0.4, 0.5) is 0 Å². The number of fused-ring (bicyclic) bond motifs is 2. The van der Waals surface area contributed by atoms with Gasteiger partial charge in [-0.05, 0) is 24.6 Å². The predicted molar refractivity (Wildman–Crippen MR) is 74.6 cm³/mol. The molecule has 17 heavy (non-hydrogen) atoms. The van der Waals surface area contributed by atoms with Crippen molar-refractivity contribution < 1.29 is 4.74 Å². The van der Waals surface area contributed by atoms with Crippen LogP contribution in [0.15, 0.2) is 27.7 Å². The number of nitrogens with two attached hydrogens (primary N) is 1. The minimum atomic E-state index is -0.160. The Labute approximate surface area is 113 Å². The average molecular weight is 313 g/mol. The van der Waals surface area contributed by atoms with Gasteiger partial charge in [0.15, 0.2) is 5.17 Å². The Morgan fingerprint density at radius 2 is 2.29 bits per heavy atom. The molecule has 0 fully saturated rings. The van der Waals surface area contributed by atoms with Crippen LogP contribution in [0.1, 0.15) is 18.4 Å². The number of rotatable bonds is 0. The van der Waals surface area contributed by atoms with Gasteiger partial charge in [0.1, 0.15) is 5.75 Å². The lowest BCUT2D eigenvalue weighted by Crippen LogP contribution is -2.36. The molecule has 1 atom stereocenters. The molecule has 2 aliphatic rings. The van der Waals surface area contributed by atoms with Crippen LogP contribution < -0.4 is 10.5 Å². The van der Waals surface area contributed by atoms with Crippen LogP contribution in [0, 0.1) is 0 Å². The van der Waals surface area contributed by atoms with Crippen molar-refractivity contribution in [2.75, 3.05) is 12.4 Å². The molecule has 3 rings (SSSR count). The van der Waals surface area contributed by atoms with E-state index in [1.54, 1.807) is 11.8 Å². The van der Waals surface area contributed by atoms with Crippen molar-refractivity contribution >= 4 is 32.9 Å². The standard InChI is InChI=1S/C12H13BrN2OS/c13-8-1-2-10-9(7-8)12(3-5-16-10)4-6-17-11(14)15-12/h1-2,7H,3-6H2,(H2,14,15). The van der Waals surface area contributed by atoms with Crippen LogP contribution in [0.5, 0.6) is 5.75 Å². The molecule has 90 valence electrons. The zero-order chi connectivity index (χ0) is 11.9. The van der Waals surface area contributed by atoms with E-state index in [-0.39, 0.29) is 5.54 Å². The van der Waals surface area contributed by atoms with Crippen LogP contribution in [0.25, 0.3) is 0 Å². The summed E-state index contributed by atoms with van der Waals surface area (Å²) >= 11 is 5.15. The second-order valence-corrected chi connectivity index (χ2v) is 6.35. The van der Waals surface area contributed by atoms with Gasteiger partial charge in [0.2, 0.25) is 0 Å². The maximum Gasteiger partial charge on any atom is 0.154 e. The molecule has 5 heteroatoms. The van der Waals surface area contributed by atoms with Crippen molar-refractivity contribution in [3.05, 3.63) is 28.2 Å². The summed E-state index contributed by atoms with van der Waals surface area (Å²) in [5.74, 6) is 1.98. The Morgan fingerprint density at radius 1 is 1.41 bits per heavy atom. The van der Waals surface area contributed by atoms with Gasteiger partial charge in [-0.25, -0.2) is 0 Å². The van der Waals surface area contributed by atoms with Crippen molar-refractivity contribution in [1.82, 2.24) is 0 Å². The number of benzene rings is 1. The van der Waals surface area contributed by atoms with Crippen molar-refractivity contribution in [2.24, 2.45) is 10.7 Å². The van der Waals surface area contributed by atoms with Gasteiger partial charge in [-0.2, -0.15) is 0 Å². The van der Waals surface area contributed by atoms with Gasteiger partial charge < -0.3 is 10.5 Å². The normalized spacial score (nSPS) is 27.2. The summed E-state index contributed by atoms with van der Waals surface area (Å²) < 4.78 is 6.77. The number of hydrogen-bond acceptors (Lipinski definition) is 4. The Kier molecular flexibility index (Phi) is 2.83. The molecule has 3 nitrogen and oxygen atoms in total. The summed E-state index contributed by atoms with van der Waals surface area (Å²) in [5, 5.41) is 0.698. The highest BCUT2D eigenvalue weighted by molar-refractivity contribution is 9.10. The largest absolute Gasteiger partial charge is 0.493 e. The van der Waals surface area contributed by atoms with E-state index >= 15 is 0 Å². The summed E-state index contributed by atoms with van der Waals surface area (Å²) in [5.41, 5.74) is 6.90. The first kappa shape index (κ1) is 11.4. The Hall–Kier alpha value is -0.680. The van der Waals surface area contributed by atoms with E-state index in [9.17, 15) is 0 Å². The van der Waals surface area contributed by atoms with Crippen molar-refractivity contribution in [1.29, 1.82) is 0 Å². The molecule has 0 radical (unpaired) electrons. The number of halogens is 1. The molecule has 1 aromatic rings. The van der Waals surface area contributed by atoms with E-state index in [1.807, 2.05) is 12.1 Å². The molecule has 2 aliphatic heterocycles. The third-order valence-electron chi connectivity index (χ3n) is 3.31. The van der Waals surface area contributed by atoms with E-state index < -0.39 is 0 Å². The predicted octanol–water partition coefficient (Wildman–Crippen LogP) is 2.88. The summed E-state index contributed by atoms with van der Waals surface area (Å²) in [7, 11) is 0. The summed E-state index contributed by atoms with van der Waals surface area (Å²) in [4.78, 5) is 4.71. The molecule has 1 aromatic carbocycles. The molecule has 1 unspecified atom stereocenters. The molecule has 2 heterocycles. The van der Waals surface area contributed by atoms with Gasteiger partial charge in [0.05, 0.1) is 12.1 Å². The summed E-state index contributed by atoms with van der Waals surface area (Å²) in [6, 6.07) is 6.12. The van der Waals surface area contributed by atoms with Gasteiger partial charge in [0, 0.05) is 22.2 Å². The number of ether oxygens (including phenoxy) is 1. The van der Waals surface area contributed by atoms with E-state index in [0.717, 1.165) is 35.4 Å². The SMILES string of the molecule is NC1=NC2(CCOc3ccc(Br)cc32)CCS1. The van der Waals surface area contributed by atoms with Crippen molar-refractivity contribution in [3.63, 3.8) is 0 Å². The first-order valence-electron chi connectivity index (χ1n) is 5.61. The van der Waals surface area contributed by atoms with E-state index in [2.05, 4.69) is 22.0 Å². The van der Waals surface area contributed by atoms with Crippen LogP contribution in [0.3, 0.4) is 0 Å². The second-order valence-electron chi connectivity index (χ2n) is 4.32. The topological polar surface area (TPSA) is 47.6 Å². The first-order chi connectivity index (χ1) is 8.20. The van der Waals surface area contributed by atoms with Gasteiger partial charge in [0.25, 0.3) is 0 Å². The third-order valence-corrected chi connectivity index (χ3v) is 4.59. The van der Waals surface area contributed by atoms with E-state index in [0.29, 0.717) is 5.17 Å². The van der Waals surface area contributed by atoms with Crippen LogP contribution in [0.2, 0.25) is 0 Å². The van der Waals surface area contributed by atoms with Gasteiger partial charge in [-0.15, -0.1) is 0 Å². The number of nitrogens with zero attached hydrogens (tertiary/aromatic N) is 1. The average Bonchev–Trinajstić information content (AvgIpc) is 2.30. The van der Waals surface area contributed by atoms with Crippen molar-refractivity contribution in [2.45, 2.75) is 18.4 Å². The molecule has 2 N–H and O–H groups in total. The highest BCUT2D eigenvalue weighted by atomic mass is 79.9. The third kappa shape index (κ3) is 1.95. The molecule has 0 saturated carbocycles. The molecule has 0 saturated heterocycles. The molecule has 0 amide bonds. The molecule has 1 spiro atoms. The fourth-order valence-electron chi connectivity index (χ4n) is 2.46. The van der Waals surface area contributed by atoms with Gasteiger partial charge in [-0.1, -0.05) is 27.7 Å². The smallest absolute Gasteiger partial charge is 0.154 e. The highest BCUT2D eigenvalue weighted by Gasteiger charge is 2.39. The van der Waals surface area contributed by atoms with E-state index in [1.165, 1.54) is 5.56 Å². The Morgan fingerprint density at radius 3 is 3.12 bits per heavy atom. The maximum atomic E-state index is 5.90. The van der Waals surface area contributed by atoms with Crippen LogP contribution in [-0.4, -0.2) is 17.5 Å². The minimum Gasteiger partial charge on any atom is -0.493 e. The summed E-state index contributed by atoms with van der Waals surface area (Å²) in [6.45, 7) is 0.718. The van der Waals surface area contributed by atoms with Gasteiger partial charge >= 0.3 is 0 Å². The number of hydrogen-bond donors (Lipinski definition) is 1. The first-order valence-corrected chi connectivity index (χ1v) is 7.38. The quantitative estimate of drug-likeness (QED) is 0.801. The Balaban J connectivity index is 2.15. The van der Waals surface area contributed by atoms with Gasteiger partial charge in [-0.3, -0.25) is 4.99 Å². The second kappa shape index (κ2) is 4.21. The highest BCUT2D eigenvalue weighted by Crippen LogP contribution is 2.46. The molecule has 0 bridgehead atoms. The molecule has 0 aliphatic carbocycles. The lowest BCUT2D eigenvalue weighted by atomic mass is 9.83. The number of thioether (sulfide) groups is 1. The lowest BCUT2D eigenvalue weighted by Gasteiger charge is -2.38. The zero-order valence-electron chi connectivity index (χ0n) is 9.28. The number of aliphatic imine (C=N–C) groups is 1. The fourth-order valence-corrected chi connectivity index (χ4v) is 3.70. The van der Waals surface area contributed by atoms with Crippen LogP contribution in [-0.2, 0) is 5.54 Å². The lowest BCUT2D eigenvalue weighted by molar-refractivity contribution is 0.214. The monoisotopic (exact) mass is 312 g/mol. The number of amidine groups is 1. The molecular formula is C12H13BrN2OS. The zero-order valence-corrected chi connectivity index (χ0v) is 11.7. The molecule has 0 aromatic heterocycles. The molecular weight excluding hydrogens is 300 g/mol. The van der Waals surface area contributed by atoms with E-state index in [4.69, 9.17) is 15.5 Å². The fraction of sp³-hybridized carbons (Fsp3) is 0.417. The van der Waals surface area contributed by atoms with Crippen LogP contribution >= 0.6 is 27.7 Å². The minimum absolute atomic E-state index is 0.160. The van der Waals surface area contributed by atoms with Crippen molar-refractivity contribution in [3.8, 4) is 5.75 Å².